The normalized spacial score (nSPS) is 30.5. The Hall–Kier alpha value is -1.31. The molecule has 2 aliphatic rings. The van der Waals surface area contributed by atoms with E-state index in [1.165, 1.54) is 44.1 Å². The molecule has 4 atom stereocenters. The Labute approximate surface area is 140 Å². The summed E-state index contributed by atoms with van der Waals surface area (Å²) >= 11 is 0. The van der Waals surface area contributed by atoms with E-state index in [2.05, 4.69) is 6.92 Å². The van der Waals surface area contributed by atoms with Crippen molar-refractivity contribution in [2.45, 2.75) is 65.2 Å². The van der Waals surface area contributed by atoms with Gasteiger partial charge in [0.2, 0.25) is 0 Å². The average Bonchev–Trinajstić information content (AvgIpc) is 2.56. The first-order valence-electron chi connectivity index (χ1n) is 9.44. The number of carbonyl (C=O) groups excluding carboxylic acids is 1. The summed E-state index contributed by atoms with van der Waals surface area (Å²) in [4.78, 5) is 12.5. The molecule has 0 heterocycles. The molecule has 23 heavy (non-hydrogen) atoms. The second kappa shape index (κ2) is 7.51. The third kappa shape index (κ3) is 4.16. The minimum atomic E-state index is -0.0111. The minimum Gasteiger partial charge on any atom is -0.426 e. The highest BCUT2D eigenvalue weighted by Crippen LogP contribution is 2.45. The number of carbonyl (C=O) groups is 1. The Morgan fingerprint density at radius 1 is 1.04 bits per heavy atom. The summed E-state index contributed by atoms with van der Waals surface area (Å²) in [5.74, 6) is 3.35. The quantitative estimate of drug-likeness (QED) is 0.539. The molecule has 2 heteroatoms. The summed E-state index contributed by atoms with van der Waals surface area (Å²) in [6.07, 6.45) is 10.1. The maximum absolute atomic E-state index is 12.5. The van der Waals surface area contributed by atoms with Crippen molar-refractivity contribution >= 4 is 5.97 Å². The summed E-state index contributed by atoms with van der Waals surface area (Å²) in [7, 11) is 0. The highest BCUT2D eigenvalue weighted by Gasteiger charge is 2.38. The zero-order valence-corrected chi connectivity index (χ0v) is 14.6. The van der Waals surface area contributed by atoms with Crippen molar-refractivity contribution in [2.24, 2.45) is 23.7 Å². The number of esters is 1. The van der Waals surface area contributed by atoms with Gasteiger partial charge in [-0.25, -0.2) is 0 Å². The SMILES string of the molecule is CCCC1CCC2C[C@H](C(=O)Oc3ccc(C)cc3)CC[C@@H]2C1. The van der Waals surface area contributed by atoms with Crippen molar-refractivity contribution in [1.82, 2.24) is 0 Å². The summed E-state index contributed by atoms with van der Waals surface area (Å²) in [6, 6.07) is 7.78. The fourth-order valence-electron chi connectivity index (χ4n) is 4.68. The minimum absolute atomic E-state index is 0.0111. The van der Waals surface area contributed by atoms with Crippen LogP contribution >= 0.6 is 0 Å². The van der Waals surface area contributed by atoms with E-state index in [4.69, 9.17) is 4.74 Å². The first-order valence-corrected chi connectivity index (χ1v) is 9.44. The molecule has 0 saturated heterocycles. The molecule has 0 radical (unpaired) electrons. The Balaban J connectivity index is 1.53. The van der Waals surface area contributed by atoms with Gasteiger partial charge < -0.3 is 4.74 Å². The van der Waals surface area contributed by atoms with E-state index in [1.54, 1.807) is 0 Å². The average molecular weight is 314 g/mol. The number of benzene rings is 1. The maximum Gasteiger partial charge on any atom is 0.314 e. The molecule has 0 N–H and O–H groups in total. The third-order valence-electron chi connectivity index (χ3n) is 5.99. The Kier molecular flexibility index (Phi) is 5.40. The summed E-state index contributed by atoms with van der Waals surface area (Å²) in [6.45, 7) is 4.34. The Bertz CT molecular complexity index is 519. The van der Waals surface area contributed by atoms with E-state index < -0.39 is 0 Å². The van der Waals surface area contributed by atoms with Gasteiger partial charge in [0.05, 0.1) is 5.92 Å². The van der Waals surface area contributed by atoms with Crippen LogP contribution in [0.25, 0.3) is 0 Å². The van der Waals surface area contributed by atoms with Gasteiger partial charge in [0.15, 0.2) is 0 Å². The number of hydrogen-bond donors (Lipinski definition) is 0. The lowest BCUT2D eigenvalue weighted by Gasteiger charge is -2.41. The molecule has 0 bridgehead atoms. The van der Waals surface area contributed by atoms with Crippen molar-refractivity contribution in [2.75, 3.05) is 0 Å². The van der Waals surface area contributed by atoms with Gasteiger partial charge in [0, 0.05) is 0 Å². The van der Waals surface area contributed by atoms with E-state index in [0.717, 1.165) is 30.6 Å². The van der Waals surface area contributed by atoms with E-state index in [0.29, 0.717) is 5.75 Å². The van der Waals surface area contributed by atoms with Crippen molar-refractivity contribution in [3.63, 3.8) is 0 Å². The summed E-state index contributed by atoms with van der Waals surface area (Å²) in [5, 5.41) is 0. The van der Waals surface area contributed by atoms with Gasteiger partial charge in [-0.15, -0.1) is 0 Å². The largest absolute Gasteiger partial charge is 0.426 e. The molecule has 2 fully saturated rings. The maximum atomic E-state index is 12.5. The van der Waals surface area contributed by atoms with Crippen LogP contribution < -0.4 is 4.74 Å². The van der Waals surface area contributed by atoms with Crippen molar-refractivity contribution in [3.05, 3.63) is 29.8 Å². The van der Waals surface area contributed by atoms with Gasteiger partial charge in [0.25, 0.3) is 0 Å². The molecule has 0 aliphatic heterocycles. The van der Waals surface area contributed by atoms with Crippen molar-refractivity contribution < 1.29 is 9.53 Å². The molecule has 126 valence electrons. The topological polar surface area (TPSA) is 26.3 Å². The van der Waals surface area contributed by atoms with Crippen LogP contribution in [-0.2, 0) is 4.79 Å². The highest BCUT2D eigenvalue weighted by atomic mass is 16.5. The zero-order chi connectivity index (χ0) is 16.2. The van der Waals surface area contributed by atoms with E-state index >= 15 is 0 Å². The number of hydrogen-bond acceptors (Lipinski definition) is 2. The monoisotopic (exact) mass is 314 g/mol. The second-order valence-corrected chi connectivity index (χ2v) is 7.73. The van der Waals surface area contributed by atoms with E-state index in [-0.39, 0.29) is 11.9 Å². The smallest absolute Gasteiger partial charge is 0.314 e. The second-order valence-electron chi connectivity index (χ2n) is 7.73. The number of rotatable bonds is 4. The van der Waals surface area contributed by atoms with E-state index in [1.807, 2.05) is 31.2 Å². The summed E-state index contributed by atoms with van der Waals surface area (Å²) < 4.78 is 5.61. The molecule has 0 amide bonds. The molecule has 0 aromatic heterocycles. The number of aryl methyl sites for hydroxylation is 1. The van der Waals surface area contributed by atoms with Crippen LogP contribution in [0.2, 0.25) is 0 Å². The third-order valence-corrected chi connectivity index (χ3v) is 5.99. The lowest BCUT2D eigenvalue weighted by Crippen LogP contribution is -2.35. The molecular weight excluding hydrogens is 284 g/mol. The van der Waals surface area contributed by atoms with Gasteiger partial charge in [-0.2, -0.15) is 0 Å². The van der Waals surface area contributed by atoms with Gasteiger partial charge in [-0.1, -0.05) is 43.9 Å². The van der Waals surface area contributed by atoms with Gasteiger partial charge in [0.1, 0.15) is 5.75 Å². The van der Waals surface area contributed by atoms with Crippen LogP contribution in [0.1, 0.15) is 63.9 Å². The molecule has 0 spiro atoms. The molecule has 2 aliphatic carbocycles. The van der Waals surface area contributed by atoms with Crippen molar-refractivity contribution in [1.29, 1.82) is 0 Å². The number of ether oxygens (including phenoxy) is 1. The van der Waals surface area contributed by atoms with Gasteiger partial charge in [-0.3, -0.25) is 4.79 Å². The molecule has 1 aromatic carbocycles. The van der Waals surface area contributed by atoms with Gasteiger partial charge >= 0.3 is 5.97 Å². The molecule has 3 rings (SSSR count). The molecule has 2 unspecified atom stereocenters. The van der Waals surface area contributed by atoms with Crippen LogP contribution in [0.15, 0.2) is 24.3 Å². The zero-order valence-electron chi connectivity index (χ0n) is 14.6. The lowest BCUT2D eigenvalue weighted by molar-refractivity contribution is -0.141. The Morgan fingerprint density at radius 2 is 1.74 bits per heavy atom. The van der Waals surface area contributed by atoms with Crippen LogP contribution in [0.3, 0.4) is 0 Å². The Morgan fingerprint density at radius 3 is 2.48 bits per heavy atom. The fourth-order valence-corrected chi connectivity index (χ4v) is 4.68. The standard InChI is InChI=1S/C21H30O2/c1-3-4-16-7-8-18-14-19(10-9-17(18)13-16)21(22)23-20-11-5-15(2)6-12-20/h5-6,11-12,16-19H,3-4,7-10,13-14H2,1-2H3/t16?,17-,18?,19-/m1/s1. The van der Waals surface area contributed by atoms with Crippen LogP contribution in [-0.4, -0.2) is 5.97 Å². The fraction of sp³-hybridized carbons (Fsp3) is 0.667. The molecule has 2 saturated carbocycles. The highest BCUT2D eigenvalue weighted by molar-refractivity contribution is 5.75. The predicted molar refractivity (Wildman–Crippen MR) is 93.4 cm³/mol. The van der Waals surface area contributed by atoms with Crippen LogP contribution in [0.5, 0.6) is 5.75 Å². The first-order chi connectivity index (χ1) is 11.2. The van der Waals surface area contributed by atoms with E-state index in [9.17, 15) is 4.79 Å². The van der Waals surface area contributed by atoms with Gasteiger partial charge in [-0.05, 0) is 68.9 Å². The first kappa shape index (κ1) is 16.5. The predicted octanol–water partition coefficient (Wildman–Crippen LogP) is 5.53. The molecule has 2 nitrogen and oxygen atoms in total. The molecule has 1 aromatic rings. The lowest BCUT2D eigenvalue weighted by atomic mass is 9.64. The van der Waals surface area contributed by atoms with Crippen molar-refractivity contribution in [3.8, 4) is 5.75 Å². The van der Waals surface area contributed by atoms with Crippen LogP contribution in [0, 0.1) is 30.6 Å². The molecular formula is C21H30O2. The van der Waals surface area contributed by atoms with Crippen LogP contribution in [0.4, 0.5) is 0 Å². The summed E-state index contributed by atoms with van der Waals surface area (Å²) in [5.41, 5.74) is 1.19. The number of fused-ring (bicyclic) bond motifs is 1.